The summed E-state index contributed by atoms with van der Waals surface area (Å²) >= 11 is 11.1. The topological polar surface area (TPSA) is 20.3 Å². The van der Waals surface area contributed by atoms with Crippen LogP contribution in [0.5, 0.6) is 0 Å². The van der Waals surface area contributed by atoms with E-state index in [1.165, 1.54) is 34.4 Å². The molecule has 0 bridgehead atoms. The predicted octanol–water partition coefficient (Wildman–Crippen LogP) is 6.18. The number of fused-ring (bicyclic) bond motifs is 4. The Morgan fingerprint density at radius 1 is 0.931 bits per heavy atom. The molecule has 6 heteroatoms. The van der Waals surface area contributed by atoms with E-state index in [1.54, 1.807) is 18.1 Å². The summed E-state index contributed by atoms with van der Waals surface area (Å²) in [6.45, 7) is 2.51. The molecule has 2 aromatic carbocycles. The Morgan fingerprint density at radius 2 is 1.55 bits per heavy atom. The maximum absolute atomic E-state index is 11.7. The average molecular weight is 553 g/mol. The average Bonchev–Trinajstić information content (AvgIpc) is 3.17. The quantitative estimate of drug-likeness (QED) is 0.389. The SMILES string of the molecule is Brc1ccc2c(c1)CCC21CSC1.CC(=O)N1CC2(CSC2)c2ccc(Br)cc21. The summed E-state index contributed by atoms with van der Waals surface area (Å²) in [5.41, 5.74) is 6.49. The molecule has 2 aromatic rings. The fourth-order valence-electron chi connectivity index (χ4n) is 4.97. The number of halogens is 2. The lowest BCUT2D eigenvalue weighted by Crippen LogP contribution is -2.45. The van der Waals surface area contributed by atoms with Crippen LogP contribution < -0.4 is 4.90 Å². The minimum atomic E-state index is 0.146. The van der Waals surface area contributed by atoms with E-state index >= 15 is 0 Å². The molecule has 1 aliphatic carbocycles. The number of rotatable bonds is 0. The second kappa shape index (κ2) is 7.61. The molecule has 29 heavy (non-hydrogen) atoms. The number of carbonyl (C=O) groups excluding carboxylic acids is 1. The van der Waals surface area contributed by atoms with E-state index in [0.29, 0.717) is 5.41 Å². The van der Waals surface area contributed by atoms with Crippen molar-refractivity contribution in [1.82, 2.24) is 0 Å². The molecule has 0 unspecified atom stereocenters. The number of thioether (sulfide) groups is 2. The third-order valence-corrected chi connectivity index (χ3v) is 10.7. The van der Waals surface area contributed by atoms with E-state index in [9.17, 15) is 4.79 Å². The standard InChI is InChI=1S/C12H12BrNOS.C11H11BrS/c1-8(15)14-5-12(6-16-7-12)10-3-2-9(13)4-11(10)14;12-9-1-2-10-8(5-9)3-4-11(10)6-13-7-11/h2-4H,5-7H2,1H3;1-2,5H,3-4,6-7H2. The van der Waals surface area contributed by atoms with E-state index in [1.807, 2.05) is 16.7 Å². The third-order valence-electron chi connectivity index (χ3n) is 6.69. The van der Waals surface area contributed by atoms with Crippen LogP contribution in [-0.2, 0) is 22.0 Å². The Balaban J connectivity index is 0.000000128. The largest absolute Gasteiger partial charge is 0.311 e. The molecular formula is C23H23Br2NOS2. The number of anilines is 1. The number of carbonyl (C=O) groups is 1. The summed E-state index contributed by atoms with van der Waals surface area (Å²) in [5, 5.41) is 0. The second-order valence-electron chi connectivity index (χ2n) is 8.61. The first kappa shape index (κ1) is 20.5. The fourth-order valence-corrected chi connectivity index (χ4v) is 8.21. The molecule has 3 aliphatic heterocycles. The predicted molar refractivity (Wildman–Crippen MR) is 133 cm³/mol. The van der Waals surface area contributed by atoms with Crippen LogP contribution in [0.3, 0.4) is 0 Å². The monoisotopic (exact) mass is 551 g/mol. The highest BCUT2D eigenvalue weighted by Gasteiger charge is 2.48. The lowest BCUT2D eigenvalue weighted by Gasteiger charge is -2.38. The highest BCUT2D eigenvalue weighted by Crippen LogP contribution is 2.51. The molecule has 2 saturated heterocycles. The number of aryl methyl sites for hydroxylation is 1. The number of nitrogens with zero attached hydrogens (tertiary/aromatic N) is 1. The summed E-state index contributed by atoms with van der Waals surface area (Å²) in [6.07, 6.45) is 2.67. The molecule has 2 nitrogen and oxygen atoms in total. The number of benzene rings is 2. The van der Waals surface area contributed by atoms with Gasteiger partial charge in [0, 0.05) is 61.9 Å². The zero-order valence-electron chi connectivity index (χ0n) is 16.3. The van der Waals surface area contributed by atoms with E-state index < -0.39 is 0 Å². The van der Waals surface area contributed by atoms with Gasteiger partial charge in [0.05, 0.1) is 0 Å². The summed E-state index contributed by atoms with van der Waals surface area (Å²) in [6, 6.07) is 13.1. The van der Waals surface area contributed by atoms with Crippen molar-refractivity contribution in [2.24, 2.45) is 0 Å². The zero-order chi connectivity index (χ0) is 20.2. The van der Waals surface area contributed by atoms with E-state index in [2.05, 4.69) is 80.0 Å². The molecule has 0 aromatic heterocycles. The summed E-state index contributed by atoms with van der Waals surface area (Å²) < 4.78 is 2.27. The van der Waals surface area contributed by atoms with Crippen molar-refractivity contribution >= 4 is 67.0 Å². The van der Waals surface area contributed by atoms with Gasteiger partial charge in [0.15, 0.2) is 0 Å². The van der Waals surface area contributed by atoms with Crippen LogP contribution >= 0.6 is 55.4 Å². The summed E-state index contributed by atoms with van der Waals surface area (Å²) in [4.78, 5) is 13.6. The molecule has 4 aliphatic rings. The highest BCUT2D eigenvalue weighted by molar-refractivity contribution is 9.10. The van der Waals surface area contributed by atoms with Gasteiger partial charge in [-0.1, -0.05) is 44.0 Å². The van der Waals surface area contributed by atoms with Crippen LogP contribution in [0.15, 0.2) is 45.3 Å². The van der Waals surface area contributed by atoms with E-state index in [4.69, 9.17) is 0 Å². The summed E-state index contributed by atoms with van der Waals surface area (Å²) in [7, 11) is 0. The Morgan fingerprint density at radius 3 is 2.14 bits per heavy atom. The lowest BCUT2D eigenvalue weighted by atomic mass is 9.85. The first-order chi connectivity index (χ1) is 13.9. The molecule has 2 fully saturated rings. The normalized spacial score (nSPS) is 21.7. The number of hydrogen-bond acceptors (Lipinski definition) is 3. The lowest BCUT2D eigenvalue weighted by molar-refractivity contribution is -0.116. The maximum Gasteiger partial charge on any atom is 0.223 e. The Kier molecular flexibility index (Phi) is 5.37. The molecule has 0 atom stereocenters. The van der Waals surface area contributed by atoms with E-state index in [0.717, 1.165) is 28.2 Å². The van der Waals surface area contributed by atoms with Crippen molar-refractivity contribution in [3.05, 3.63) is 62.0 Å². The summed E-state index contributed by atoms with van der Waals surface area (Å²) in [5.74, 6) is 5.13. The Bertz CT molecular complexity index is 985. The highest BCUT2D eigenvalue weighted by atomic mass is 79.9. The molecule has 0 N–H and O–H groups in total. The van der Waals surface area contributed by atoms with Gasteiger partial charge in [-0.25, -0.2) is 0 Å². The molecular weight excluding hydrogens is 530 g/mol. The van der Waals surface area contributed by atoms with Crippen molar-refractivity contribution in [2.75, 3.05) is 34.5 Å². The number of amides is 1. The van der Waals surface area contributed by atoms with Gasteiger partial charge >= 0.3 is 0 Å². The van der Waals surface area contributed by atoms with Gasteiger partial charge in [0.2, 0.25) is 5.91 Å². The third kappa shape index (κ3) is 3.42. The fraction of sp³-hybridized carbons (Fsp3) is 0.435. The Labute approximate surface area is 197 Å². The van der Waals surface area contributed by atoms with Gasteiger partial charge < -0.3 is 4.90 Å². The van der Waals surface area contributed by atoms with Crippen molar-refractivity contribution < 1.29 is 4.79 Å². The molecule has 0 saturated carbocycles. The minimum absolute atomic E-state index is 0.146. The van der Waals surface area contributed by atoms with Gasteiger partial charge in [0.1, 0.15) is 0 Å². The molecule has 152 valence electrons. The van der Waals surface area contributed by atoms with Crippen LogP contribution in [0.1, 0.15) is 30.0 Å². The zero-order valence-corrected chi connectivity index (χ0v) is 21.1. The molecule has 3 heterocycles. The molecule has 6 rings (SSSR count). The van der Waals surface area contributed by atoms with Crippen LogP contribution in [0.25, 0.3) is 0 Å². The van der Waals surface area contributed by atoms with Gasteiger partial charge in [-0.05, 0) is 53.8 Å². The van der Waals surface area contributed by atoms with Gasteiger partial charge in [-0.15, -0.1) is 0 Å². The van der Waals surface area contributed by atoms with Gasteiger partial charge in [0.25, 0.3) is 0 Å². The first-order valence-corrected chi connectivity index (χ1v) is 13.8. The van der Waals surface area contributed by atoms with Crippen LogP contribution in [0.4, 0.5) is 5.69 Å². The smallest absolute Gasteiger partial charge is 0.223 e. The maximum atomic E-state index is 11.7. The van der Waals surface area contributed by atoms with Crippen LogP contribution in [0, 0.1) is 0 Å². The second-order valence-corrected chi connectivity index (χ2v) is 12.4. The molecule has 2 spiro atoms. The van der Waals surface area contributed by atoms with Gasteiger partial charge in [-0.2, -0.15) is 23.5 Å². The minimum Gasteiger partial charge on any atom is -0.311 e. The van der Waals surface area contributed by atoms with Gasteiger partial charge in [-0.3, -0.25) is 4.79 Å². The van der Waals surface area contributed by atoms with Crippen molar-refractivity contribution in [3.63, 3.8) is 0 Å². The molecule has 0 radical (unpaired) electrons. The van der Waals surface area contributed by atoms with Crippen molar-refractivity contribution in [1.29, 1.82) is 0 Å². The van der Waals surface area contributed by atoms with E-state index in [-0.39, 0.29) is 11.3 Å². The first-order valence-electron chi connectivity index (χ1n) is 9.95. The number of hydrogen-bond donors (Lipinski definition) is 0. The van der Waals surface area contributed by atoms with Crippen molar-refractivity contribution in [2.45, 2.75) is 30.6 Å². The molecule has 1 amide bonds. The van der Waals surface area contributed by atoms with Crippen molar-refractivity contribution in [3.8, 4) is 0 Å². The van der Waals surface area contributed by atoms with Crippen LogP contribution in [-0.4, -0.2) is 35.5 Å². The van der Waals surface area contributed by atoms with Crippen LogP contribution in [0.2, 0.25) is 0 Å². The Hall–Kier alpha value is -0.430.